The van der Waals surface area contributed by atoms with E-state index < -0.39 is 11.9 Å². The first-order chi connectivity index (χ1) is 11.4. The van der Waals surface area contributed by atoms with Crippen molar-refractivity contribution in [3.63, 3.8) is 0 Å². The first-order valence-electron chi connectivity index (χ1n) is 8.38. The molecule has 1 aliphatic carbocycles. The summed E-state index contributed by atoms with van der Waals surface area (Å²) in [6, 6.07) is 7.26. The van der Waals surface area contributed by atoms with Gasteiger partial charge in [0.2, 0.25) is 0 Å². The molecule has 0 heterocycles. The second kappa shape index (κ2) is 8.38. The number of hydrogen-bond acceptors (Lipinski definition) is 2. The van der Waals surface area contributed by atoms with Gasteiger partial charge in [-0.05, 0) is 36.5 Å². The third-order valence-corrected chi connectivity index (χ3v) is 4.95. The SMILES string of the molecule is CC(CN(C)C(=O)NC(c1ccc(Cl)cc1)C1CCCC1)C(=O)O. The molecule has 0 radical (unpaired) electrons. The summed E-state index contributed by atoms with van der Waals surface area (Å²) in [6.45, 7) is 1.78. The molecule has 0 spiro atoms. The van der Waals surface area contributed by atoms with Crippen molar-refractivity contribution in [1.82, 2.24) is 10.2 Å². The van der Waals surface area contributed by atoms with Crippen molar-refractivity contribution in [3.8, 4) is 0 Å². The Labute approximate surface area is 148 Å². The van der Waals surface area contributed by atoms with Crippen molar-refractivity contribution >= 4 is 23.6 Å². The van der Waals surface area contributed by atoms with Gasteiger partial charge in [-0.1, -0.05) is 43.5 Å². The van der Waals surface area contributed by atoms with Crippen LogP contribution < -0.4 is 5.32 Å². The van der Waals surface area contributed by atoms with Gasteiger partial charge in [0.15, 0.2) is 0 Å². The number of nitrogens with zero attached hydrogens (tertiary/aromatic N) is 1. The standard InChI is InChI=1S/C18H25ClN2O3/c1-12(17(22)23)11-21(2)18(24)20-16(13-5-3-4-6-13)14-7-9-15(19)10-8-14/h7-10,12-13,16H,3-6,11H2,1-2H3,(H,20,24)(H,22,23). The lowest BCUT2D eigenvalue weighted by atomic mass is 9.92. The van der Waals surface area contributed by atoms with Gasteiger partial charge < -0.3 is 15.3 Å². The molecule has 0 bridgehead atoms. The normalized spacial score (nSPS) is 17.3. The average molecular weight is 353 g/mol. The van der Waals surface area contributed by atoms with E-state index in [2.05, 4.69) is 5.32 Å². The van der Waals surface area contributed by atoms with Crippen LogP contribution in [0.5, 0.6) is 0 Å². The van der Waals surface area contributed by atoms with Crippen molar-refractivity contribution in [2.24, 2.45) is 11.8 Å². The molecule has 2 atom stereocenters. The molecule has 24 heavy (non-hydrogen) atoms. The number of urea groups is 1. The van der Waals surface area contributed by atoms with Gasteiger partial charge in [-0.2, -0.15) is 0 Å². The topological polar surface area (TPSA) is 69.6 Å². The van der Waals surface area contributed by atoms with Gasteiger partial charge in [-0.25, -0.2) is 4.79 Å². The summed E-state index contributed by atoms with van der Waals surface area (Å²) in [4.78, 5) is 24.9. The number of aliphatic carboxylic acids is 1. The minimum absolute atomic E-state index is 0.0696. The van der Waals surface area contributed by atoms with Crippen molar-refractivity contribution in [3.05, 3.63) is 34.9 Å². The number of nitrogens with one attached hydrogen (secondary N) is 1. The van der Waals surface area contributed by atoms with E-state index in [1.807, 2.05) is 24.3 Å². The summed E-state index contributed by atoms with van der Waals surface area (Å²) in [5, 5.41) is 12.8. The lowest BCUT2D eigenvalue weighted by Crippen LogP contribution is -2.43. The van der Waals surface area contributed by atoms with Crippen LogP contribution in [0.15, 0.2) is 24.3 Å². The molecular weight excluding hydrogens is 328 g/mol. The number of carbonyl (C=O) groups is 2. The van der Waals surface area contributed by atoms with Crippen LogP contribution in [-0.4, -0.2) is 35.6 Å². The van der Waals surface area contributed by atoms with Crippen LogP contribution in [0.4, 0.5) is 4.79 Å². The minimum atomic E-state index is -0.903. The molecule has 0 saturated heterocycles. The Bertz CT molecular complexity index is 570. The molecule has 2 amide bonds. The van der Waals surface area contributed by atoms with Crippen molar-refractivity contribution in [2.45, 2.75) is 38.6 Å². The second-order valence-corrected chi connectivity index (χ2v) is 7.08. The monoisotopic (exact) mass is 352 g/mol. The zero-order valence-electron chi connectivity index (χ0n) is 14.2. The molecule has 1 saturated carbocycles. The van der Waals surface area contributed by atoms with E-state index in [-0.39, 0.29) is 18.6 Å². The number of amides is 2. The highest BCUT2D eigenvalue weighted by Gasteiger charge is 2.29. The fraction of sp³-hybridized carbons (Fsp3) is 0.556. The van der Waals surface area contributed by atoms with Crippen LogP contribution >= 0.6 is 11.6 Å². The average Bonchev–Trinajstić information content (AvgIpc) is 3.07. The van der Waals surface area contributed by atoms with E-state index in [9.17, 15) is 9.59 Å². The first-order valence-corrected chi connectivity index (χ1v) is 8.76. The first kappa shape index (κ1) is 18.6. The highest BCUT2D eigenvalue weighted by atomic mass is 35.5. The van der Waals surface area contributed by atoms with E-state index >= 15 is 0 Å². The zero-order chi connectivity index (χ0) is 17.7. The Morgan fingerprint density at radius 3 is 2.42 bits per heavy atom. The summed E-state index contributed by atoms with van der Waals surface area (Å²) in [7, 11) is 1.63. The number of carboxylic acids is 1. The third-order valence-electron chi connectivity index (χ3n) is 4.70. The summed E-state index contributed by atoms with van der Waals surface area (Å²) >= 11 is 5.97. The molecule has 2 unspecified atom stereocenters. The van der Waals surface area contributed by atoms with Crippen LogP contribution in [0.3, 0.4) is 0 Å². The van der Waals surface area contributed by atoms with Gasteiger partial charge >= 0.3 is 12.0 Å². The van der Waals surface area contributed by atoms with Crippen LogP contribution in [0.2, 0.25) is 5.02 Å². The smallest absolute Gasteiger partial charge is 0.317 e. The van der Waals surface area contributed by atoms with Gasteiger partial charge in [-0.3, -0.25) is 4.79 Å². The molecule has 0 aliphatic heterocycles. The lowest BCUT2D eigenvalue weighted by molar-refractivity contribution is -0.141. The Hall–Kier alpha value is -1.75. The Balaban J connectivity index is 2.08. The van der Waals surface area contributed by atoms with Gasteiger partial charge in [0, 0.05) is 18.6 Å². The quantitative estimate of drug-likeness (QED) is 0.814. The predicted octanol–water partition coefficient (Wildman–Crippen LogP) is 3.93. The molecular formula is C18H25ClN2O3. The second-order valence-electron chi connectivity index (χ2n) is 6.64. The summed E-state index contributed by atoms with van der Waals surface area (Å²) < 4.78 is 0. The van der Waals surface area contributed by atoms with E-state index in [0.717, 1.165) is 18.4 Å². The van der Waals surface area contributed by atoms with E-state index in [1.165, 1.54) is 17.7 Å². The molecule has 2 rings (SSSR count). The molecule has 1 aliphatic rings. The van der Waals surface area contributed by atoms with Gasteiger partial charge in [0.25, 0.3) is 0 Å². The summed E-state index contributed by atoms with van der Waals surface area (Å²) in [5.74, 6) is -1.10. The van der Waals surface area contributed by atoms with Gasteiger partial charge in [0.1, 0.15) is 0 Å². The Kier molecular flexibility index (Phi) is 6.49. The minimum Gasteiger partial charge on any atom is -0.481 e. The molecule has 1 aromatic rings. The molecule has 132 valence electrons. The highest BCUT2D eigenvalue weighted by molar-refractivity contribution is 6.30. The fourth-order valence-electron chi connectivity index (χ4n) is 3.25. The van der Waals surface area contributed by atoms with E-state index in [1.54, 1.807) is 14.0 Å². The maximum Gasteiger partial charge on any atom is 0.317 e. The molecule has 1 fully saturated rings. The Morgan fingerprint density at radius 1 is 1.29 bits per heavy atom. The largest absolute Gasteiger partial charge is 0.481 e. The maximum absolute atomic E-state index is 12.5. The van der Waals surface area contributed by atoms with Crippen LogP contribution in [0.1, 0.15) is 44.2 Å². The molecule has 6 heteroatoms. The number of hydrogen-bond donors (Lipinski definition) is 2. The van der Waals surface area contributed by atoms with Crippen molar-refractivity contribution < 1.29 is 14.7 Å². The number of rotatable bonds is 6. The third kappa shape index (κ3) is 4.87. The van der Waals surface area contributed by atoms with E-state index in [0.29, 0.717) is 10.9 Å². The lowest BCUT2D eigenvalue weighted by Gasteiger charge is -2.28. The van der Waals surface area contributed by atoms with Crippen molar-refractivity contribution in [1.29, 1.82) is 0 Å². The number of carbonyl (C=O) groups excluding carboxylic acids is 1. The zero-order valence-corrected chi connectivity index (χ0v) is 14.9. The number of carboxylic acid groups (broad SMARTS) is 1. The van der Waals surface area contributed by atoms with Crippen LogP contribution in [0, 0.1) is 11.8 Å². The molecule has 0 aromatic heterocycles. The highest BCUT2D eigenvalue weighted by Crippen LogP contribution is 2.36. The maximum atomic E-state index is 12.5. The molecule has 1 aromatic carbocycles. The van der Waals surface area contributed by atoms with Gasteiger partial charge in [-0.15, -0.1) is 0 Å². The van der Waals surface area contributed by atoms with Crippen molar-refractivity contribution in [2.75, 3.05) is 13.6 Å². The predicted molar refractivity (Wildman–Crippen MR) is 94.1 cm³/mol. The van der Waals surface area contributed by atoms with E-state index in [4.69, 9.17) is 16.7 Å². The van der Waals surface area contributed by atoms with Gasteiger partial charge in [0.05, 0.1) is 12.0 Å². The summed E-state index contributed by atoms with van der Waals surface area (Å²) in [6.07, 6.45) is 4.53. The number of benzene rings is 1. The fourth-order valence-corrected chi connectivity index (χ4v) is 3.38. The molecule has 2 N–H and O–H groups in total. The Morgan fingerprint density at radius 2 is 1.88 bits per heavy atom. The van der Waals surface area contributed by atoms with Crippen LogP contribution in [0.25, 0.3) is 0 Å². The number of halogens is 1. The summed E-state index contributed by atoms with van der Waals surface area (Å²) in [5.41, 5.74) is 1.04. The molecule has 5 nitrogen and oxygen atoms in total. The van der Waals surface area contributed by atoms with Crippen LogP contribution in [-0.2, 0) is 4.79 Å².